The molecule has 2 aliphatic carbocycles. The van der Waals surface area contributed by atoms with E-state index in [-0.39, 0.29) is 30.8 Å². The van der Waals surface area contributed by atoms with Gasteiger partial charge >= 0.3 is 0 Å². The van der Waals surface area contributed by atoms with Gasteiger partial charge in [0.1, 0.15) is 6.10 Å². The van der Waals surface area contributed by atoms with Crippen LogP contribution in [0.25, 0.3) is 21.8 Å². The van der Waals surface area contributed by atoms with Crippen LogP contribution < -0.4 is 0 Å². The molecule has 5 rings (SSSR count). The van der Waals surface area contributed by atoms with Gasteiger partial charge in [0.15, 0.2) is 0 Å². The molecule has 0 bridgehead atoms. The van der Waals surface area contributed by atoms with E-state index in [1.807, 2.05) is 41.0 Å². The summed E-state index contributed by atoms with van der Waals surface area (Å²) in [7, 11) is -4.19. The first-order chi connectivity index (χ1) is 19.1. The smallest absolute Gasteiger partial charge is 0.264 e. The highest BCUT2D eigenvalue weighted by Gasteiger charge is 2.32. The lowest BCUT2D eigenvalue weighted by atomic mass is 10.1. The molecule has 0 fully saturated rings. The molecule has 1 aromatic heterocycles. The average molecular weight is 695 g/mol. The third-order valence-electron chi connectivity index (χ3n) is 6.93. The average Bonchev–Trinajstić information content (AvgIpc) is 3.23. The topological polar surface area (TPSA) is 135 Å². The van der Waals surface area contributed by atoms with Crippen LogP contribution in [0, 0.1) is 10.1 Å². The van der Waals surface area contributed by atoms with E-state index < -0.39 is 33.2 Å². The Labute approximate surface area is 246 Å². The van der Waals surface area contributed by atoms with Crippen molar-refractivity contribution in [1.82, 2.24) is 8.87 Å². The molecule has 0 saturated heterocycles. The number of rotatable bonds is 9. The maximum absolute atomic E-state index is 13.8. The van der Waals surface area contributed by atoms with E-state index in [1.165, 1.54) is 30.4 Å². The predicted octanol–water partition coefficient (Wildman–Crippen LogP) is 5.50. The molecule has 13 heteroatoms. The summed E-state index contributed by atoms with van der Waals surface area (Å²) in [6.45, 7) is -0.172. The number of aliphatic hydroxyl groups excluding tert-OH is 1. The molecular weight excluding hydrogens is 670 g/mol. The number of allylic oxidation sites excluding steroid dienone is 2. The summed E-state index contributed by atoms with van der Waals surface area (Å²) in [5.74, 6) is 0. The second-order valence-electron chi connectivity index (χ2n) is 9.55. The lowest BCUT2D eigenvalue weighted by molar-refractivity contribution is -0.508. The summed E-state index contributed by atoms with van der Waals surface area (Å²) >= 11 is 7.05. The molecule has 10 nitrogen and oxygen atoms in total. The molecule has 40 heavy (non-hydrogen) atoms. The van der Waals surface area contributed by atoms with Crippen molar-refractivity contribution in [1.29, 1.82) is 0 Å². The largest absolute Gasteiger partial charge is 0.389 e. The standard InChI is InChI=1S/C27H25Br2N3O7S/c28-17-1-11-26-24(13-17)25-14-18(29)2-12-27(25)30(26)15-21(33)16-31(19-3-7-22(39-36)8-4-19)40(37,38)23-9-5-20(6-10-23)32(34)35/h1-5,7,9-14,20-22,33,36H,6,8,15-16H2. The van der Waals surface area contributed by atoms with Crippen LogP contribution in [0.15, 0.2) is 92.4 Å². The van der Waals surface area contributed by atoms with Gasteiger partial charge in [-0.05, 0) is 54.6 Å². The zero-order valence-electron chi connectivity index (χ0n) is 20.9. The van der Waals surface area contributed by atoms with Gasteiger partial charge in [0.05, 0.1) is 24.1 Å². The highest BCUT2D eigenvalue weighted by atomic mass is 79.9. The number of hydrogen-bond donors (Lipinski definition) is 2. The normalized spacial score (nSPS) is 20.0. The zero-order valence-corrected chi connectivity index (χ0v) is 24.9. The van der Waals surface area contributed by atoms with Crippen LogP contribution in [0.2, 0.25) is 0 Å². The van der Waals surface area contributed by atoms with Crippen LogP contribution in [-0.4, -0.2) is 57.4 Å². The molecule has 3 atom stereocenters. The van der Waals surface area contributed by atoms with Gasteiger partial charge in [-0.1, -0.05) is 50.1 Å². The van der Waals surface area contributed by atoms with Crippen molar-refractivity contribution in [3.8, 4) is 0 Å². The molecular formula is C27H25Br2N3O7S. The van der Waals surface area contributed by atoms with Gasteiger partial charge in [0.25, 0.3) is 10.0 Å². The Hall–Kier alpha value is -2.81. The first-order valence-electron chi connectivity index (χ1n) is 12.4. The predicted molar refractivity (Wildman–Crippen MR) is 158 cm³/mol. The van der Waals surface area contributed by atoms with Gasteiger partial charge in [0, 0.05) is 54.2 Å². The fourth-order valence-electron chi connectivity index (χ4n) is 4.96. The van der Waals surface area contributed by atoms with Gasteiger partial charge in [0.2, 0.25) is 6.04 Å². The molecule has 0 radical (unpaired) electrons. The number of sulfonamides is 1. The monoisotopic (exact) mass is 693 g/mol. The number of benzene rings is 2. The second-order valence-corrected chi connectivity index (χ2v) is 13.2. The van der Waals surface area contributed by atoms with Crippen molar-refractivity contribution in [2.24, 2.45) is 0 Å². The van der Waals surface area contributed by atoms with E-state index in [9.17, 15) is 23.6 Å². The Morgan fingerprint density at radius 3 is 2.20 bits per heavy atom. The van der Waals surface area contributed by atoms with Crippen LogP contribution in [0.3, 0.4) is 0 Å². The number of aliphatic hydroxyl groups is 1. The van der Waals surface area contributed by atoms with E-state index in [2.05, 4.69) is 36.7 Å². The lowest BCUT2D eigenvalue weighted by Gasteiger charge is -2.30. The van der Waals surface area contributed by atoms with Crippen molar-refractivity contribution in [2.75, 3.05) is 6.54 Å². The van der Waals surface area contributed by atoms with Crippen LogP contribution in [0.4, 0.5) is 0 Å². The molecule has 3 unspecified atom stereocenters. The zero-order chi connectivity index (χ0) is 28.6. The van der Waals surface area contributed by atoms with Gasteiger partial charge in [-0.25, -0.2) is 13.3 Å². The summed E-state index contributed by atoms with van der Waals surface area (Å²) < 4.78 is 32.5. The Balaban J connectivity index is 1.49. The van der Waals surface area contributed by atoms with Crippen LogP contribution >= 0.6 is 31.9 Å². The minimum Gasteiger partial charge on any atom is -0.389 e. The highest BCUT2D eigenvalue weighted by molar-refractivity contribution is 9.10. The van der Waals surface area contributed by atoms with Crippen molar-refractivity contribution in [2.45, 2.75) is 37.6 Å². The molecule has 0 aliphatic heterocycles. The number of halogens is 2. The van der Waals surface area contributed by atoms with Crippen LogP contribution in [-0.2, 0) is 21.5 Å². The fraction of sp³-hybridized carbons (Fsp3) is 0.259. The Bertz CT molecular complexity index is 1650. The van der Waals surface area contributed by atoms with E-state index >= 15 is 0 Å². The van der Waals surface area contributed by atoms with E-state index in [4.69, 9.17) is 5.26 Å². The molecule has 1 heterocycles. The number of nitrogens with zero attached hydrogens (tertiary/aromatic N) is 3. The number of hydrogen-bond acceptors (Lipinski definition) is 7. The number of nitro groups is 1. The maximum Gasteiger partial charge on any atom is 0.264 e. The highest BCUT2D eigenvalue weighted by Crippen LogP contribution is 2.34. The Kier molecular flexibility index (Phi) is 8.32. The number of fused-ring (bicyclic) bond motifs is 3. The molecule has 3 aromatic rings. The Morgan fingerprint density at radius 2 is 1.70 bits per heavy atom. The molecule has 2 aliphatic rings. The van der Waals surface area contributed by atoms with Crippen molar-refractivity contribution < 1.29 is 28.6 Å². The summed E-state index contributed by atoms with van der Waals surface area (Å²) in [6, 6.07) is 10.7. The Morgan fingerprint density at radius 1 is 1.05 bits per heavy atom. The minimum absolute atomic E-state index is 0.0593. The third kappa shape index (κ3) is 5.67. The van der Waals surface area contributed by atoms with E-state index in [0.717, 1.165) is 35.1 Å². The summed E-state index contributed by atoms with van der Waals surface area (Å²) in [4.78, 5) is 15.0. The molecule has 210 valence electrons. The van der Waals surface area contributed by atoms with Gasteiger partial charge in [-0.2, -0.15) is 0 Å². The van der Waals surface area contributed by atoms with Gasteiger partial charge in [-0.15, -0.1) is 0 Å². The van der Waals surface area contributed by atoms with Gasteiger partial charge < -0.3 is 9.67 Å². The second kappa shape index (κ2) is 11.6. The van der Waals surface area contributed by atoms with E-state index in [0.29, 0.717) is 5.70 Å². The molecule has 0 spiro atoms. The summed E-state index contributed by atoms with van der Waals surface area (Å²) in [6.07, 6.45) is 6.89. The molecule has 2 N–H and O–H groups in total. The number of aromatic nitrogens is 1. The molecule has 2 aromatic carbocycles. The molecule has 0 amide bonds. The lowest BCUT2D eigenvalue weighted by Crippen LogP contribution is -2.39. The first-order valence-corrected chi connectivity index (χ1v) is 15.4. The first kappa shape index (κ1) is 28.7. The summed E-state index contributed by atoms with van der Waals surface area (Å²) in [5, 5.41) is 33.5. The van der Waals surface area contributed by atoms with Crippen molar-refractivity contribution in [3.05, 3.63) is 103 Å². The summed E-state index contributed by atoms with van der Waals surface area (Å²) in [5.41, 5.74) is 2.06. The van der Waals surface area contributed by atoms with Crippen LogP contribution in [0.1, 0.15) is 12.8 Å². The van der Waals surface area contributed by atoms with E-state index in [1.54, 1.807) is 6.08 Å². The van der Waals surface area contributed by atoms with Crippen molar-refractivity contribution in [3.63, 3.8) is 0 Å². The maximum atomic E-state index is 13.8. The third-order valence-corrected chi connectivity index (χ3v) is 9.75. The SMILES string of the molecule is O=[N+]([O-])C1C=CC(S(=O)(=O)N(CC(O)Cn2c3ccc(Br)cc3c3cc(Br)ccc32)C2=CCC(OO)C=C2)=CC1. The quantitative estimate of drug-likeness (QED) is 0.172. The molecule has 0 saturated carbocycles. The van der Waals surface area contributed by atoms with Crippen LogP contribution in [0.5, 0.6) is 0 Å². The van der Waals surface area contributed by atoms with Crippen molar-refractivity contribution >= 4 is 63.7 Å². The minimum atomic E-state index is -4.19. The fourth-order valence-corrected chi connectivity index (χ4v) is 7.28. The van der Waals surface area contributed by atoms with Gasteiger partial charge in [-0.3, -0.25) is 19.7 Å².